The number of nitrogens with zero attached hydrogens (tertiary/aromatic N) is 3. The number of oxazole rings is 1. The van der Waals surface area contributed by atoms with Crippen LogP contribution >= 0.6 is 11.8 Å². The van der Waals surface area contributed by atoms with Crippen LogP contribution in [0.4, 0.5) is 0 Å². The smallest absolute Gasteiger partial charge is 0.255 e. The molecule has 0 bridgehead atoms. The molecule has 0 amide bonds. The summed E-state index contributed by atoms with van der Waals surface area (Å²) < 4.78 is 6.94. The van der Waals surface area contributed by atoms with E-state index in [-0.39, 0.29) is 0 Å². The Kier molecular flexibility index (Phi) is 2.35. The lowest BCUT2D eigenvalue weighted by atomic mass is 10.5. The Morgan fingerprint density at radius 3 is 3.08 bits per heavy atom. The number of hydrogen-bond donors (Lipinski definition) is 0. The molecular formula is C8H9N3OS. The third-order valence-corrected chi connectivity index (χ3v) is 2.56. The van der Waals surface area contributed by atoms with Gasteiger partial charge >= 0.3 is 0 Å². The SMILES string of the molecule is Cn1nccc1CSc1ncco1. The van der Waals surface area contributed by atoms with Gasteiger partial charge in [-0.05, 0) is 6.07 Å². The molecule has 0 aliphatic heterocycles. The molecule has 0 fully saturated rings. The fourth-order valence-corrected chi connectivity index (χ4v) is 1.77. The van der Waals surface area contributed by atoms with Gasteiger partial charge in [-0.15, -0.1) is 0 Å². The summed E-state index contributed by atoms with van der Waals surface area (Å²) in [6, 6.07) is 1.98. The van der Waals surface area contributed by atoms with Gasteiger partial charge in [0.25, 0.3) is 5.22 Å². The van der Waals surface area contributed by atoms with Gasteiger partial charge in [0.15, 0.2) is 0 Å². The van der Waals surface area contributed by atoms with Crippen molar-refractivity contribution in [3.8, 4) is 0 Å². The Hall–Kier alpha value is -1.23. The van der Waals surface area contributed by atoms with E-state index in [0.29, 0.717) is 5.22 Å². The summed E-state index contributed by atoms with van der Waals surface area (Å²) in [6.45, 7) is 0. The minimum atomic E-state index is 0.696. The van der Waals surface area contributed by atoms with Gasteiger partial charge in [-0.2, -0.15) is 5.10 Å². The number of thioether (sulfide) groups is 1. The summed E-state index contributed by atoms with van der Waals surface area (Å²) in [7, 11) is 1.92. The minimum Gasteiger partial charge on any atom is -0.440 e. The van der Waals surface area contributed by atoms with Crippen LogP contribution in [0.5, 0.6) is 0 Å². The zero-order valence-electron chi connectivity index (χ0n) is 7.17. The van der Waals surface area contributed by atoms with E-state index in [1.165, 1.54) is 0 Å². The van der Waals surface area contributed by atoms with Crippen molar-refractivity contribution in [2.75, 3.05) is 0 Å². The quantitative estimate of drug-likeness (QED) is 0.699. The molecule has 0 radical (unpaired) electrons. The van der Waals surface area contributed by atoms with Crippen LogP contribution in [0.25, 0.3) is 0 Å². The lowest BCUT2D eigenvalue weighted by Crippen LogP contribution is -1.95. The summed E-state index contributed by atoms with van der Waals surface area (Å²) in [6.07, 6.45) is 5.00. The highest BCUT2D eigenvalue weighted by atomic mass is 32.2. The molecule has 2 aromatic rings. The molecule has 0 N–H and O–H groups in total. The van der Waals surface area contributed by atoms with Crippen LogP contribution in [-0.2, 0) is 12.8 Å². The second kappa shape index (κ2) is 3.66. The molecule has 0 atom stereocenters. The molecule has 2 aromatic heterocycles. The average molecular weight is 195 g/mol. The normalized spacial score (nSPS) is 10.5. The van der Waals surface area contributed by atoms with Crippen LogP contribution in [0.3, 0.4) is 0 Å². The molecule has 0 saturated carbocycles. The van der Waals surface area contributed by atoms with Crippen molar-refractivity contribution in [1.82, 2.24) is 14.8 Å². The Morgan fingerprint density at radius 1 is 1.54 bits per heavy atom. The Labute approximate surface area is 80.0 Å². The van der Waals surface area contributed by atoms with Crippen LogP contribution in [0.1, 0.15) is 5.69 Å². The third kappa shape index (κ3) is 1.92. The van der Waals surface area contributed by atoms with Crippen molar-refractivity contribution in [1.29, 1.82) is 0 Å². The van der Waals surface area contributed by atoms with Crippen molar-refractivity contribution in [3.63, 3.8) is 0 Å². The van der Waals surface area contributed by atoms with E-state index >= 15 is 0 Å². The Morgan fingerprint density at radius 2 is 2.46 bits per heavy atom. The van der Waals surface area contributed by atoms with Crippen LogP contribution in [0.2, 0.25) is 0 Å². The van der Waals surface area contributed by atoms with Crippen LogP contribution in [0.15, 0.2) is 34.4 Å². The van der Waals surface area contributed by atoms with Crippen molar-refractivity contribution in [2.24, 2.45) is 7.05 Å². The lowest BCUT2D eigenvalue weighted by Gasteiger charge is -1.97. The van der Waals surface area contributed by atoms with E-state index in [2.05, 4.69) is 10.1 Å². The number of hydrogen-bond acceptors (Lipinski definition) is 4. The van der Waals surface area contributed by atoms with Gasteiger partial charge in [0.1, 0.15) is 6.26 Å². The second-order valence-electron chi connectivity index (χ2n) is 2.53. The highest BCUT2D eigenvalue weighted by Gasteiger charge is 2.02. The van der Waals surface area contributed by atoms with E-state index in [1.807, 2.05) is 17.8 Å². The fourth-order valence-electron chi connectivity index (χ4n) is 0.960. The molecule has 0 spiro atoms. The molecule has 4 nitrogen and oxygen atoms in total. The highest BCUT2D eigenvalue weighted by Crippen LogP contribution is 2.19. The molecule has 13 heavy (non-hydrogen) atoms. The van der Waals surface area contributed by atoms with Gasteiger partial charge in [0, 0.05) is 24.7 Å². The van der Waals surface area contributed by atoms with Gasteiger partial charge < -0.3 is 4.42 Å². The molecular weight excluding hydrogens is 186 g/mol. The largest absolute Gasteiger partial charge is 0.440 e. The van der Waals surface area contributed by atoms with Crippen molar-refractivity contribution < 1.29 is 4.42 Å². The summed E-state index contributed by atoms with van der Waals surface area (Å²) in [4.78, 5) is 4.01. The summed E-state index contributed by atoms with van der Waals surface area (Å²) in [5, 5.41) is 4.76. The van der Waals surface area contributed by atoms with Gasteiger partial charge in [-0.25, -0.2) is 4.98 Å². The molecule has 0 unspecified atom stereocenters. The van der Waals surface area contributed by atoms with Gasteiger partial charge in [0.2, 0.25) is 0 Å². The summed E-state index contributed by atoms with van der Waals surface area (Å²) in [5.74, 6) is 0.830. The number of aryl methyl sites for hydroxylation is 1. The van der Waals surface area contributed by atoms with E-state index in [9.17, 15) is 0 Å². The second-order valence-corrected chi connectivity index (χ2v) is 3.46. The van der Waals surface area contributed by atoms with Crippen molar-refractivity contribution >= 4 is 11.8 Å². The highest BCUT2D eigenvalue weighted by molar-refractivity contribution is 7.98. The van der Waals surface area contributed by atoms with E-state index in [0.717, 1.165) is 11.4 Å². The number of aromatic nitrogens is 3. The molecule has 5 heteroatoms. The lowest BCUT2D eigenvalue weighted by molar-refractivity contribution is 0.454. The first-order valence-corrected chi connectivity index (χ1v) is 4.84. The van der Waals surface area contributed by atoms with E-state index < -0.39 is 0 Å². The molecule has 0 aromatic carbocycles. The van der Waals surface area contributed by atoms with Crippen molar-refractivity contribution in [3.05, 3.63) is 30.4 Å². The van der Waals surface area contributed by atoms with Crippen LogP contribution in [-0.4, -0.2) is 14.8 Å². The standard InChI is InChI=1S/C8H9N3OS/c1-11-7(2-3-10-11)6-13-8-9-4-5-12-8/h2-5H,6H2,1H3. The molecule has 2 rings (SSSR count). The first-order chi connectivity index (χ1) is 6.36. The Bertz CT molecular complexity index is 368. The molecule has 2 heterocycles. The third-order valence-electron chi connectivity index (χ3n) is 1.68. The maximum Gasteiger partial charge on any atom is 0.255 e. The zero-order chi connectivity index (χ0) is 9.10. The molecule has 0 saturated heterocycles. The molecule has 68 valence electrons. The molecule has 0 aliphatic carbocycles. The van der Waals surface area contributed by atoms with E-state index in [4.69, 9.17) is 4.42 Å². The summed E-state index contributed by atoms with van der Waals surface area (Å²) >= 11 is 1.56. The minimum absolute atomic E-state index is 0.696. The predicted octanol–water partition coefficient (Wildman–Crippen LogP) is 1.70. The van der Waals surface area contributed by atoms with Crippen LogP contribution in [0, 0.1) is 0 Å². The zero-order valence-corrected chi connectivity index (χ0v) is 7.99. The average Bonchev–Trinajstić information content (AvgIpc) is 2.72. The Balaban J connectivity index is 1.97. The van der Waals surface area contributed by atoms with E-state index in [1.54, 1.807) is 30.4 Å². The first kappa shape index (κ1) is 8.37. The van der Waals surface area contributed by atoms with Crippen molar-refractivity contribution in [2.45, 2.75) is 11.0 Å². The monoisotopic (exact) mass is 195 g/mol. The first-order valence-electron chi connectivity index (χ1n) is 3.85. The number of rotatable bonds is 3. The predicted molar refractivity (Wildman–Crippen MR) is 49.3 cm³/mol. The maximum atomic E-state index is 5.09. The molecule has 0 aliphatic rings. The fraction of sp³-hybridized carbons (Fsp3) is 0.250. The van der Waals surface area contributed by atoms with Gasteiger partial charge in [-0.1, -0.05) is 11.8 Å². The topological polar surface area (TPSA) is 43.9 Å². The maximum absolute atomic E-state index is 5.09. The van der Waals surface area contributed by atoms with Crippen LogP contribution < -0.4 is 0 Å². The summed E-state index contributed by atoms with van der Waals surface area (Å²) in [5.41, 5.74) is 1.16. The van der Waals surface area contributed by atoms with Gasteiger partial charge in [0.05, 0.1) is 6.20 Å². The van der Waals surface area contributed by atoms with Gasteiger partial charge in [-0.3, -0.25) is 4.68 Å².